The summed E-state index contributed by atoms with van der Waals surface area (Å²) >= 11 is 0. The summed E-state index contributed by atoms with van der Waals surface area (Å²) in [5.41, 5.74) is 1.17. The average molecular weight is 316 g/mol. The molecular weight excluding hydrogens is 288 g/mol. The van der Waals surface area contributed by atoms with Crippen molar-refractivity contribution in [3.05, 3.63) is 48.3 Å². The molecular formula is C19H28N2O2. The van der Waals surface area contributed by atoms with Gasteiger partial charge >= 0.3 is 0 Å². The molecule has 0 saturated heterocycles. The smallest absolute Gasteiger partial charge is 0.165 e. The highest BCUT2D eigenvalue weighted by atomic mass is 16.5. The predicted molar refractivity (Wildman–Crippen MR) is 94.1 cm³/mol. The Morgan fingerprint density at radius 1 is 1.04 bits per heavy atom. The molecule has 4 nitrogen and oxygen atoms in total. The summed E-state index contributed by atoms with van der Waals surface area (Å²) in [5, 5.41) is 0. The lowest BCUT2D eigenvalue weighted by atomic mass is 10.1. The van der Waals surface area contributed by atoms with E-state index in [1.165, 1.54) is 5.56 Å². The van der Waals surface area contributed by atoms with Gasteiger partial charge < -0.3 is 14.0 Å². The summed E-state index contributed by atoms with van der Waals surface area (Å²) in [4.78, 5) is 2.47. The summed E-state index contributed by atoms with van der Waals surface area (Å²) in [5.74, 6) is 1.63. The quantitative estimate of drug-likeness (QED) is 0.704. The SMILES string of the molecule is COc1cccc(CN(CCCn2cccc2)C(C)C)c1OC. The van der Waals surface area contributed by atoms with Gasteiger partial charge in [0.15, 0.2) is 11.5 Å². The Bertz CT molecular complexity index is 579. The molecule has 0 atom stereocenters. The maximum atomic E-state index is 5.56. The highest BCUT2D eigenvalue weighted by Crippen LogP contribution is 2.31. The number of hydrogen-bond donors (Lipinski definition) is 0. The van der Waals surface area contributed by atoms with Gasteiger partial charge in [-0.15, -0.1) is 0 Å². The molecule has 0 fully saturated rings. The Balaban J connectivity index is 2.01. The third-order valence-corrected chi connectivity index (χ3v) is 4.12. The lowest BCUT2D eigenvalue weighted by Crippen LogP contribution is -2.32. The summed E-state index contributed by atoms with van der Waals surface area (Å²) in [6.45, 7) is 7.44. The van der Waals surface area contributed by atoms with Crippen LogP contribution in [0.3, 0.4) is 0 Å². The van der Waals surface area contributed by atoms with E-state index in [2.05, 4.69) is 53.9 Å². The van der Waals surface area contributed by atoms with Crippen molar-refractivity contribution in [2.75, 3.05) is 20.8 Å². The zero-order valence-electron chi connectivity index (χ0n) is 14.7. The molecule has 0 aliphatic heterocycles. The van der Waals surface area contributed by atoms with Crippen LogP contribution < -0.4 is 9.47 Å². The second kappa shape index (κ2) is 8.63. The van der Waals surface area contributed by atoms with Gasteiger partial charge in [-0.2, -0.15) is 0 Å². The van der Waals surface area contributed by atoms with E-state index in [9.17, 15) is 0 Å². The van der Waals surface area contributed by atoms with Gasteiger partial charge in [0.05, 0.1) is 14.2 Å². The van der Waals surface area contributed by atoms with Crippen molar-refractivity contribution in [2.45, 2.75) is 39.4 Å². The van der Waals surface area contributed by atoms with Crippen molar-refractivity contribution >= 4 is 0 Å². The molecule has 0 amide bonds. The van der Waals surface area contributed by atoms with Crippen LogP contribution in [0.25, 0.3) is 0 Å². The number of aryl methyl sites for hydroxylation is 1. The summed E-state index contributed by atoms with van der Waals surface area (Å²) in [6, 6.07) is 10.7. The first kappa shape index (κ1) is 17.4. The molecule has 126 valence electrons. The third-order valence-electron chi connectivity index (χ3n) is 4.12. The van der Waals surface area contributed by atoms with Gasteiger partial charge in [-0.05, 0) is 38.5 Å². The number of benzene rings is 1. The van der Waals surface area contributed by atoms with Crippen LogP contribution in [0.2, 0.25) is 0 Å². The van der Waals surface area contributed by atoms with Gasteiger partial charge in [0.25, 0.3) is 0 Å². The van der Waals surface area contributed by atoms with E-state index in [4.69, 9.17) is 9.47 Å². The van der Waals surface area contributed by atoms with Crippen molar-refractivity contribution in [1.29, 1.82) is 0 Å². The minimum absolute atomic E-state index is 0.482. The predicted octanol–water partition coefficient (Wildman–Crippen LogP) is 3.81. The fraction of sp³-hybridized carbons (Fsp3) is 0.474. The summed E-state index contributed by atoms with van der Waals surface area (Å²) in [7, 11) is 3.38. The Morgan fingerprint density at radius 3 is 2.39 bits per heavy atom. The lowest BCUT2D eigenvalue weighted by Gasteiger charge is -2.27. The molecule has 0 unspecified atom stereocenters. The van der Waals surface area contributed by atoms with Crippen LogP contribution in [0.5, 0.6) is 11.5 Å². The van der Waals surface area contributed by atoms with Crippen LogP contribution in [-0.2, 0) is 13.1 Å². The number of rotatable bonds is 9. The monoisotopic (exact) mass is 316 g/mol. The number of aromatic nitrogens is 1. The van der Waals surface area contributed by atoms with E-state index in [0.29, 0.717) is 6.04 Å². The lowest BCUT2D eigenvalue weighted by molar-refractivity contribution is 0.203. The third kappa shape index (κ3) is 4.76. The highest BCUT2D eigenvalue weighted by molar-refractivity contribution is 5.46. The van der Waals surface area contributed by atoms with Crippen LogP contribution in [0.4, 0.5) is 0 Å². The highest BCUT2D eigenvalue weighted by Gasteiger charge is 2.15. The standard InChI is InChI=1S/C19H28N2O2/c1-16(2)21(14-8-13-20-11-5-6-12-20)15-17-9-7-10-18(22-3)19(17)23-4/h5-7,9-12,16H,8,13-15H2,1-4H3. The number of para-hydroxylation sites is 1. The molecule has 0 saturated carbocycles. The second-order valence-electron chi connectivity index (χ2n) is 5.99. The first-order valence-corrected chi connectivity index (χ1v) is 8.20. The van der Waals surface area contributed by atoms with Gasteiger partial charge in [-0.1, -0.05) is 12.1 Å². The summed E-state index contributed by atoms with van der Waals surface area (Å²) in [6.07, 6.45) is 5.36. The molecule has 0 N–H and O–H groups in total. The Kier molecular flexibility index (Phi) is 6.53. The van der Waals surface area contributed by atoms with Crippen LogP contribution in [-0.4, -0.2) is 36.3 Å². The maximum absolute atomic E-state index is 5.56. The Hall–Kier alpha value is -1.94. The molecule has 1 aromatic carbocycles. The second-order valence-corrected chi connectivity index (χ2v) is 5.99. The van der Waals surface area contributed by atoms with Gasteiger partial charge in [0.2, 0.25) is 0 Å². The van der Waals surface area contributed by atoms with Gasteiger partial charge in [-0.3, -0.25) is 4.90 Å². The molecule has 0 bridgehead atoms. The molecule has 1 heterocycles. The first-order valence-electron chi connectivity index (χ1n) is 8.20. The molecule has 2 aromatic rings. The van der Waals surface area contributed by atoms with E-state index in [0.717, 1.165) is 37.6 Å². The number of ether oxygens (including phenoxy) is 2. The fourth-order valence-electron chi connectivity index (χ4n) is 2.79. The molecule has 0 radical (unpaired) electrons. The maximum Gasteiger partial charge on any atom is 0.165 e. The molecule has 0 aliphatic rings. The fourth-order valence-corrected chi connectivity index (χ4v) is 2.79. The van der Waals surface area contributed by atoms with E-state index in [-0.39, 0.29) is 0 Å². The van der Waals surface area contributed by atoms with E-state index in [1.54, 1.807) is 14.2 Å². The van der Waals surface area contributed by atoms with Gasteiger partial charge in [0, 0.05) is 43.6 Å². The average Bonchev–Trinajstić information content (AvgIpc) is 3.06. The van der Waals surface area contributed by atoms with Crippen molar-refractivity contribution in [3.63, 3.8) is 0 Å². The molecule has 1 aromatic heterocycles. The molecule has 4 heteroatoms. The van der Waals surface area contributed by atoms with E-state index < -0.39 is 0 Å². The minimum Gasteiger partial charge on any atom is -0.493 e. The van der Waals surface area contributed by atoms with Gasteiger partial charge in [-0.25, -0.2) is 0 Å². The normalized spacial score (nSPS) is 11.2. The van der Waals surface area contributed by atoms with Gasteiger partial charge in [0.1, 0.15) is 0 Å². The number of nitrogens with zero attached hydrogens (tertiary/aromatic N) is 2. The first-order chi connectivity index (χ1) is 11.2. The summed E-state index contributed by atoms with van der Waals surface area (Å²) < 4.78 is 13.2. The number of methoxy groups -OCH3 is 2. The van der Waals surface area contributed by atoms with Crippen LogP contribution in [0.1, 0.15) is 25.8 Å². The molecule has 2 rings (SSSR count). The Labute approximate surface area is 139 Å². The zero-order chi connectivity index (χ0) is 16.7. The zero-order valence-corrected chi connectivity index (χ0v) is 14.7. The van der Waals surface area contributed by atoms with Crippen molar-refractivity contribution in [1.82, 2.24) is 9.47 Å². The van der Waals surface area contributed by atoms with Crippen LogP contribution in [0.15, 0.2) is 42.7 Å². The Morgan fingerprint density at radius 2 is 1.78 bits per heavy atom. The molecule has 0 aliphatic carbocycles. The number of hydrogen-bond acceptors (Lipinski definition) is 3. The topological polar surface area (TPSA) is 26.6 Å². The molecule has 23 heavy (non-hydrogen) atoms. The van der Waals surface area contributed by atoms with Crippen LogP contribution in [0, 0.1) is 0 Å². The van der Waals surface area contributed by atoms with Crippen molar-refractivity contribution in [2.24, 2.45) is 0 Å². The van der Waals surface area contributed by atoms with Crippen LogP contribution >= 0.6 is 0 Å². The van der Waals surface area contributed by atoms with Crippen molar-refractivity contribution < 1.29 is 9.47 Å². The minimum atomic E-state index is 0.482. The van der Waals surface area contributed by atoms with E-state index in [1.807, 2.05) is 12.1 Å². The largest absolute Gasteiger partial charge is 0.493 e. The van der Waals surface area contributed by atoms with E-state index >= 15 is 0 Å². The van der Waals surface area contributed by atoms with Crippen molar-refractivity contribution in [3.8, 4) is 11.5 Å². The molecule has 0 spiro atoms.